The Morgan fingerprint density at radius 3 is 2.34 bits per heavy atom. The number of para-hydroxylation sites is 1. The monoisotopic (exact) mass is 432 g/mol. The molecule has 5 nitrogen and oxygen atoms in total. The minimum Gasteiger partial charge on any atom is -0.377 e. The van der Waals surface area contributed by atoms with Gasteiger partial charge in [0.15, 0.2) is 0 Å². The molecule has 29 heavy (non-hydrogen) atoms. The number of carbonyl (C=O) groups excluding carboxylic acids is 2. The SMILES string of the molecule is CC(C)OCCN1C(=O)C(c2ccc(Cl)cc2Cl)=C(N(C)c2ccccc2)C1=O. The molecule has 0 unspecified atom stereocenters. The van der Waals surface area contributed by atoms with Gasteiger partial charge in [0.25, 0.3) is 11.8 Å². The Morgan fingerprint density at radius 1 is 1.03 bits per heavy atom. The van der Waals surface area contributed by atoms with Crippen LogP contribution >= 0.6 is 23.2 Å². The summed E-state index contributed by atoms with van der Waals surface area (Å²) in [7, 11) is 1.76. The molecule has 3 rings (SSSR count). The molecular weight excluding hydrogens is 411 g/mol. The van der Waals surface area contributed by atoms with E-state index in [9.17, 15) is 9.59 Å². The van der Waals surface area contributed by atoms with Gasteiger partial charge in [-0.1, -0.05) is 47.5 Å². The summed E-state index contributed by atoms with van der Waals surface area (Å²) in [5, 5.41) is 0.768. The maximum absolute atomic E-state index is 13.2. The van der Waals surface area contributed by atoms with E-state index in [1.807, 2.05) is 44.2 Å². The number of nitrogens with zero attached hydrogens (tertiary/aromatic N) is 2. The molecule has 0 fully saturated rings. The summed E-state index contributed by atoms with van der Waals surface area (Å²) in [5.41, 5.74) is 1.79. The third-order valence-electron chi connectivity index (χ3n) is 4.59. The van der Waals surface area contributed by atoms with Crippen molar-refractivity contribution in [1.82, 2.24) is 4.90 Å². The number of benzene rings is 2. The van der Waals surface area contributed by atoms with Crippen LogP contribution in [0.2, 0.25) is 10.0 Å². The molecule has 0 N–H and O–H groups in total. The molecule has 0 atom stereocenters. The number of anilines is 1. The lowest BCUT2D eigenvalue weighted by Crippen LogP contribution is -2.37. The summed E-state index contributed by atoms with van der Waals surface area (Å²) in [6.45, 7) is 4.23. The fourth-order valence-electron chi connectivity index (χ4n) is 3.17. The van der Waals surface area contributed by atoms with Crippen molar-refractivity contribution in [2.24, 2.45) is 0 Å². The summed E-state index contributed by atoms with van der Waals surface area (Å²) in [4.78, 5) is 29.4. The van der Waals surface area contributed by atoms with Crippen molar-refractivity contribution in [3.63, 3.8) is 0 Å². The van der Waals surface area contributed by atoms with Crippen molar-refractivity contribution in [3.05, 3.63) is 69.8 Å². The van der Waals surface area contributed by atoms with Gasteiger partial charge in [0.2, 0.25) is 0 Å². The fraction of sp³-hybridized carbons (Fsp3) is 0.273. The topological polar surface area (TPSA) is 49.9 Å². The maximum atomic E-state index is 13.2. The highest BCUT2D eigenvalue weighted by molar-refractivity contribution is 6.41. The normalized spacial score (nSPS) is 14.3. The Kier molecular flexibility index (Phi) is 6.63. The van der Waals surface area contributed by atoms with E-state index < -0.39 is 5.91 Å². The molecule has 152 valence electrons. The number of imide groups is 1. The lowest BCUT2D eigenvalue weighted by Gasteiger charge is -2.21. The van der Waals surface area contributed by atoms with Crippen molar-refractivity contribution in [1.29, 1.82) is 0 Å². The molecule has 1 aliphatic rings. The summed E-state index contributed by atoms with van der Waals surface area (Å²) in [6.07, 6.45) is 0.00686. The highest BCUT2D eigenvalue weighted by atomic mass is 35.5. The van der Waals surface area contributed by atoms with Crippen LogP contribution in [0.15, 0.2) is 54.2 Å². The number of halogens is 2. The molecule has 2 aromatic rings. The molecule has 2 amide bonds. The lowest BCUT2D eigenvalue weighted by atomic mass is 10.0. The van der Waals surface area contributed by atoms with Crippen molar-refractivity contribution < 1.29 is 14.3 Å². The zero-order valence-corrected chi connectivity index (χ0v) is 18.0. The van der Waals surface area contributed by atoms with Crippen LogP contribution in [0.5, 0.6) is 0 Å². The molecule has 0 radical (unpaired) electrons. The van der Waals surface area contributed by atoms with Gasteiger partial charge < -0.3 is 9.64 Å². The first-order valence-corrected chi connectivity index (χ1v) is 10.0. The highest BCUT2D eigenvalue weighted by Gasteiger charge is 2.41. The van der Waals surface area contributed by atoms with Gasteiger partial charge in [0.05, 0.1) is 29.9 Å². The van der Waals surface area contributed by atoms with Gasteiger partial charge in [0, 0.05) is 23.3 Å². The molecular formula is C22H22Cl2N2O3. The summed E-state index contributed by atoms with van der Waals surface area (Å²) in [6, 6.07) is 14.3. The molecule has 0 saturated heterocycles. The van der Waals surface area contributed by atoms with Gasteiger partial charge in [-0.05, 0) is 38.1 Å². The van der Waals surface area contributed by atoms with Crippen LogP contribution in [-0.2, 0) is 14.3 Å². The van der Waals surface area contributed by atoms with Crippen LogP contribution in [0.3, 0.4) is 0 Å². The first-order valence-electron chi connectivity index (χ1n) is 9.27. The summed E-state index contributed by atoms with van der Waals surface area (Å²) >= 11 is 12.4. The second-order valence-electron chi connectivity index (χ2n) is 6.92. The number of hydrogen-bond donors (Lipinski definition) is 0. The van der Waals surface area contributed by atoms with E-state index in [1.165, 1.54) is 4.90 Å². The minimum absolute atomic E-state index is 0.00686. The van der Waals surface area contributed by atoms with E-state index in [4.69, 9.17) is 27.9 Å². The van der Waals surface area contributed by atoms with Gasteiger partial charge >= 0.3 is 0 Å². The average molecular weight is 433 g/mol. The lowest BCUT2D eigenvalue weighted by molar-refractivity contribution is -0.138. The molecule has 0 aliphatic carbocycles. The van der Waals surface area contributed by atoms with Crippen molar-refractivity contribution in [3.8, 4) is 0 Å². The third-order valence-corrected chi connectivity index (χ3v) is 5.14. The minimum atomic E-state index is -0.399. The zero-order valence-electron chi connectivity index (χ0n) is 16.5. The van der Waals surface area contributed by atoms with E-state index in [0.29, 0.717) is 15.6 Å². The fourth-order valence-corrected chi connectivity index (χ4v) is 3.68. The van der Waals surface area contributed by atoms with Crippen molar-refractivity contribution >= 4 is 46.3 Å². The van der Waals surface area contributed by atoms with Gasteiger partial charge in [-0.3, -0.25) is 14.5 Å². The second kappa shape index (κ2) is 8.99. The Balaban J connectivity index is 2.06. The van der Waals surface area contributed by atoms with E-state index in [1.54, 1.807) is 30.1 Å². The highest BCUT2D eigenvalue weighted by Crippen LogP contribution is 2.37. The van der Waals surface area contributed by atoms with Gasteiger partial charge in [-0.15, -0.1) is 0 Å². The number of ether oxygens (including phenoxy) is 1. The number of hydrogen-bond acceptors (Lipinski definition) is 4. The number of carbonyl (C=O) groups is 2. The van der Waals surface area contributed by atoms with Gasteiger partial charge in [-0.2, -0.15) is 0 Å². The zero-order chi connectivity index (χ0) is 21.1. The molecule has 2 aromatic carbocycles. The molecule has 1 aliphatic heterocycles. The van der Waals surface area contributed by atoms with Crippen LogP contribution in [0.4, 0.5) is 5.69 Å². The van der Waals surface area contributed by atoms with Gasteiger partial charge in [0.1, 0.15) is 5.70 Å². The number of rotatable bonds is 7. The Morgan fingerprint density at radius 2 is 1.72 bits per heavy atom. The average Bonchev–Trinajstić information content (AvgIpc) is 2.92. The number of amides is 2. The molecule has 0 bridgehead atoms. The predicted molar refractivity (Wildman–Crippen MR) is 116 cm³/mol. The number of likely N-dealkylation sites (N-methyl/N-ethyl adjacent to an activating group) is 1. The third kappa shape index (κ3) is 4.47. The van der Waals surface area contributed by atoms with Crippen LogP contribution < -0.4 is 4.90 Å². The van der Waals surface area contributed by atoms with E-state index in [-0.39, 0.29) is 36.4 Å². The quantitative estimate of drug-likeness (QED) is 0.598. The van der Waals surface area contributed by atoms with Crippen LogP contribution in [0.25, 0.3) is 5.57 Å². The van der Waals surface area contributed by atoms with Crippen molar-refractivity contribution in [2.45, 2.75) is 20.0 Å². The molecule has 7 heteroatoms. The second-order valence-corrected chi connectivity index (χ2v) is 7.77. The molecule has 0 spiro atoms. The first kappa shape index (κ1) is 21.4. The summed E-state index contributed by atoms with van der Waals surface area (Å²) < 4.78 is 5.54. The van der Waals surface area contributed by atoms with E-state index >= 15 is 0 Å². The Hall–Kier alpha value is -2.34. The largest absolute Gasteiger partial charge is 0.377 e. The molecule has 0 saturated carbocycles. The van der Waals surface area contributed by atoms with Crippen LogP contribution in [0, 0.1) is 0 Å². The van der Waals surface area contributed by atoms with Crippen LogP contribution in [0.1, 0.15) is 19.4 Å². The standard InChI is InChI=1S/C22H22Cl2N2O3/c1-14(2)29-12-11-26-21(27)19(17-10-9-15(23)13-18(17)24)20(22(26)28)25(3)16-7-5-4-6-8-16/h4-10,13-14H,11-12H2,1-3H3. The Bertz CT molecular complexity index is 958. The molecule has 1 heterocycles. The Labute approximate surface area is 180 Å². The maximum Gasteiger partial charge on any atom is 0.278 e. The summed E-state index contributed by atoms with van der Waals surface area (Å²) in [5.74, 6) is -0.779. The van der Waals surface area contributed by atoms with E-state index in [2.05, 4.69) is 0 Å². The van der Waals surface area contributed by atoms with Crippen molar-refractivity contribution in [2.75, 3.05) is 25.1 Å². The van der Waals surface area contributed by atoms with Gasteiger partial charge in [-0.25, -0.2) is 0 Å². The smallest absolute Gasteiger partial charge is 0.278 e. The van der Waals surface area contributed by atoms with Crippen LogP contribution in [-0.4, -0.2) is 43.0 Å². The molecule has 0 aromatic heterocycles. The first-order chi connectivity index (χ1) is 13.8. The van der Waals surface area contributed by atoms with E-state index in [0.717, 1.165) is 5.69 Å². The predicted octanol–water partition coefficient (Wildman–Crippen LogP) is 4.63.